The van der Waals surface area contributed by atoms with Gasteiger partial charge in [0.2, 0.25) is 15.9 Å². The van der Waals surface area contributed by atoms with Crippen molar-refractivity contribution in [1.82, 2.24) is 9.62 Å². The summed E-state index contributed by atoms with van der Waals surface area (Å²) in [5, 5.41) is 2.82. The van der Waals surface area contributed by atoms with Gasteiger partial charge in [0, 0.05) is 26.1 Å². The molecule has 0 saturated carbocycles. The summed E-state index contributed by atoms with van der Waals surface area (Å²) in [7, 11) is 0.000172. The number of nitrogens with one attached hydrogen (secondary N) is 1. The lowest BCUT2D eigenvalue weighted by Crippen LogP contribution is -2.33. The summed E-state index contributed by atoms with van der Waals surface area (Å²) in [6, 6.07) is 5.48. The van der Waals surface area contributed by atoms with Gasteiger partial charge in [-0.3, -0.25) is 4.79 Å². The molecule has 1 aromatic rings. The third-order valence-electron chi connectivity index (χ3n) is 3.84. The second kappa shape index (κ2) is 10.2. The Morgan fingerprint density at radius 3 is 2.52 bits per heavy atom. The number of nitrogens with zero attached hydrogens (tertiary/aromatic N) is 1. The van der Waals surface area contributed by atoms with Gasteiger partial charge < -0.3 is 14.8 Å². The molecule has 1 rings (SSSR count). The van der Waals surface area contributed by atoms with E-state index in [4.69, 9.17) is 9.47 Å². The molecule has 142 valence electrons. The van der Waals surface area contributed by atoms with Crippen LogP contribution in [0, 0.1) is 0 Å². The van der Waals surface area contributed by atoms with Gasteiger partial charge in [-0.05, 0) is 36.6 Å². The van der Waals surface area contributed by atoms with Gasteiger partial charge in [-0.25, -0.2) is 12.7 Å². The van der Waals surface area contributed by atoms with Gasteiger partial charge in [0.1, 0.15) is 11.5 Å². The van der Waals surface area contributed by atoms with Crippen LogP contribution in [0.15, 0.2) is 18.2 Å². The zero-order valence-electron chi connectivity index (χ0n) is 15.4. The Morgan fingerprint density at radius 1 is 1.24 bits per heavy atom. The highest BCUT2D eigenvalue weighted by Gasteiger charge is 2.13. The van der Waals surface area contributed by atoms with Gasteiger partial charge in [0.05, 0.1) is 20.5 Å². The Bertz CT molecular complexity index is 661. The fraction of sp³-hybridized carbons (Fsp3) is 0.588. The molecule has 8 heteroatoms. The Morgan fingerprint density at radius 2 is 1.96 bits per heavy atom. The number of ether oxygens (including phenoxy) is 2. The number of carbonyl (C=O) groups excluding carboxylic acids is 1. The van der Waals surface area contributed by atoms with E-state index in [1.165, 1.54) is 10.6 Å². The van der Waals surface area contributed by atoms with Gasteiger partial charge in [0.25, 0.3) is 0 Å². The minimum atomic E-state index is -3.18. The van der Waals surface area contributed by atoms with Crippen LogP contribution in [0.5, 0.6) is 11.5 Å². The van der Waals surface area contributed by atoms with Crippen LogP contribution in [-0.4, -0.2) is 58.7 Å². The Hall–Kier alpha value is -1.80. The zero-order chi connectivity index (χ0) is 18.9. The summed E-state index contributed by atoms with van der Waals surface area (Å²) in [6.45, 7) is 3.07. The maximum absolute atomic E-state index is 12.0. The number of amides is 1. The quantitative estimate of drug-likeness (QED) is 0.594. The number of benzene rings is 1. The monoisotopic (exact) mass is 372 g/mol. The lowest BCUT2D eigenvalue weighted by atomic mass is 10.1. The molecule has 0 fully saturated rings. The van der Waals surface area contributed by atoms with Crippen LogP contribution < -0.4 is 14.8 Å². The molecule has 0 unspecified atom stereocenters. The molecule has 0 heterocycles. The normalized spacial score (nSPS) is 11.4. The molecule has 0 saturated heterocycles. The smallest absolute Gasteiger partial charge is 0.220 e. The number of aryl methyl sites for hydroxylation is 1. The van der Waals surface area contributed by atoms with E-state index in [1.807, 2.05) is 18.2 Å². The summed E-state index contributed by atoms with van der Waals surface area (Å²) in [6.07, 6.45) is 2.63. The molecule has 1 amide bonds. The average molecular weight is 372 g/mol. The second-order valence-corrected chi connectivity index (χ2v) is 7.62. The number of sulfonamides is 1. The van der Waals surface area contributed by atoms with Crippen molar-refractivity contribution in [3.05, 3.63) is 23.8 Å². The van der Waals surface area contributed by atoms with Gasteiger partial charge in [-0.2, -0.15) is 0 Å². The Kier molecular flexibility index (Phi) is 8.71. The largest absolute Gasteiger partial charge is 0.497 e. The summed E-state index contributed by atoms with van der Waals surface area (Å²) < 4.78 is 34.8. The van der Waals surface area contributed by atoms with Crippen LogP contribution >= 0.6 is 0 Å². The molecule has 1 N–H and O–H groups in total. The number of hydrogen-bond donors (Lipinski definition) is 1. The molecule has 0 aliphatic rings. The SMILES string of the molecule is CCN(CCCNC(=O)CCc1cc(OC)ccc1OC)S(C)(=O)=O. The Balaban J connectivity index is 2.41. The maximum atomic E-state index is 12.0. The molecular formula is C17H28N2O5S. The topological polar surface area (TPSA) is 84.9 Å². The molecule has 0 atom stereocenters. The van der Waals surface area contributed by atoms with E-state index in [9.17, 15) is 13.2 Å². The van der Waals surface area contributed by atoms with Crippen molar-refractivity contribution in [2.75, 3.05) is 40.1 Å². The second-order valence-electron chi connectivity index (χ2n) is 5.64. The number of carbonyl (C=O) groups is 1. The molecule has 7 nitrogen and oxygen atoms in total. The first-order valence-electron chi connectivity index (χ1n) is 8.24. The maximum Gasteiger partial charge on any atom is 0.220 e. The fourth-order valence-electron chi connectivity index (χ4n) is 2.46. The molecule has 0 aliphatic carbocycles. The first-order chi connectivity index (χ1) is 11.8. The molecule has 0 spiro atoms. The van der Waals surface area contributed by atoms with Crippen LogP contribution in [0.2, 0.25) is 0 Å². The highest BCUT2D eigenvalue weighted by Crippen LogP contribution is 2.25. The number of methoxy groups -OCH3 is 2. The standard InChI is InChI=1S/C17H28N2O5S/c1-5-19(25(4,21)22)12-6-11-18-17(20)10-7-14-13-15(23-2)8-9-16(14)24-3/h8-9,13H,5-7,10-12H2,1-4H3,(H,18,20). The summed E-state index contributed by atoms with van der Waals surface area (Å²) in [5.74, 6) is 1.37. The van der Waals surface area contributed by atoms with E-state index < -0.39 is 10.0 Å². The molecule has 1 aromatic carbocycles. The highest BCUT2D eigenvalue weighted by atomic mass is 32.2. The van der Waals surface area contributed by atoms with Crippen molar-refractivity contribution in [3.8, 4) is 11.5 Å². The summed E-state index contributed by atoms with van der Waals surface area (Å²) in [4.78, 5) is 12.0. The molecule has 25 heavy (non-hydrogen) atoms. The van der Waals surface area contributed by atoms with E-state index in [1.54, 1.807) is 21.1 Å². The van der Waals surface area contributed by atoms with E-state index in [0.29, 0.717) is 38.9 Å². The van der Waals surface area contributed by atoms with E-state index in [2.05, 4.69) is 5.32 Å². The minimum absolute atomic E-state index is 0.0766. The van der Waals surface area contributed by atoms with Crippen molar-refractivity contribution in [1.29, 1.82) is 0 Å². The van der Waals surface area contributed by atoms with Crippen LogP contribution in [-0.2, 0) is 21.2 Å². The molecular weight excluding hydrogens is 344 g/mol. The minimum Gasteiger partial charge on any atom is -0.497 e. The number of hydrogen-bond acceptors (Lipinski definition) is 5. The van der Waals surface area contributed by atoms with Gasteiger partial charge >= 0.3 is 0 Å². The van der Waals surface area contributed by atoms with Gasteiger partial charge in [0.15, 0.2) is 0 Å². The van der Waals surface area contributed by atoms with Gasteiger partial charge in [-0.15, -0.1) is 0 Å². The average Bonchev–Trinajstić information content (AvgIpc) is 2.58. The van der Waals surface area contributed by atoms with E-state index >= 15 is 0 Å². The lowest BCUT2D eigenvalue weighted by Gasteiger charge is -2.17. The zero-order valence-corrected chi connectivity index (χ0v) is 16.2. The van der Waals surface area contributed by atoms with Crippen molar-refractivity contribution >= 4 is 15.9 Å². The third-order valence-corrected chi connectivity index (χ3v) is 5.22. The van der Waals surface area contributed by atoms with Crippen molar-refractivity contribution < 1.29 is 22.7 Å². The Labute approximate surface area is 150 Å². The van der Waals surface area contributed by atoms with Crippen LogP contribution in [0.1, 0.15) is 25.3 Å². The van der Waals surface area contributed by atoms with Gasteiger partial charge in [-0.1, -0.05) is 6.92 Å². The van der Waals surface area contributed by atoms with Crippen LogP contribution in [0.4, 0.5) is 0 Å². The van der Waals surface area contributed by atoms with Crippen LogP contribution in [0.3, 0.4) is 0 Å². The molecule has 0 bridgehead atoms. The molecule has 0 aliphatic heterocycles. The van der Waals surface area contributed by atoms with Crippen LogP contribution in [0.25, 0.3) is 0 Å². The molecule has 0 aromatic heterocycles. The van der Waals surface area contributed by atoms with E-state index in [0.717, 1.165) is 17.1 Å². The first-order valence-corrected chi connectivity index (χ1v) is 10.1. The fourth-order valence-corrected chi connectivity index (χ4v) is 3.39. The van der Waals surface area contributed by atoms with Crippen molar-refractivity contribution in [2.24, 2.45) is 0 Å². The first kappa shape index (κ1) is 21.2. The highest BCUT2D eigenvalue weighted by molar-refractivity contribution is 7.88. The predicted octanol–water partition coefficient (Wildman–Crippen LogP) is 1.42. The predicted molar refractivity (Wildman–Crippen MR) is 97.6 cm³/mol. The summed E-state index contributed by atoms with van der Waals surface area (Å²) in [5.41, 5.74) is 0.909. The third kappa shape index (κ3) is 7.31. The summed E-state index contributed by atoms with van der Waals surface area (Å²) >= 11 is 0. The number of rotatable bonds is 11. The van der Waals surface area contributed by atoms with Crippen molar-refractivity contribution in [2.45, 2.75) is 26.2 Å². The van der Waals surface area contributed by atoms with Crippen molar-refractivity contribution in [3.63, 3.8) is 0 Å². The lowest BCUT2D eigenvalue weighted by molar-refractivity contribution is -0.121. The molecule has 0 radical (unpaired) electrons. The van der Waals surface area contributed by atoms with E-state index in [-0.39, 0.29) is 5.91 Å².